The van der Waals surface area contributed by atoms with Crippen molar-refractivity contribution in [1.29, 1.82) is 0 Å². The van der Waals surface area contributed by atoms with E-state index < -0.39 is 0 Å². The third kappa shape index (κ3) is 4.49. The van der Waals surface area contributed by atoms with Crippen molar-refractivity contribution in [3.63, 3.8) is 0 Å². The molecule has 0 saturated carbocycles. The monoisotopic (exact) mass is 452 g/mol. The lowest BCUT2D eigenvalue weighted by molar-refractivity contribution is -0.578. The molecule has 0 bridgehead atoms. The lowest BCUT2D eigenvalue weighted by Gasteiger charge is -2.18. The van der Waals surface area contributed by atoms with E-state index in [4.69, 9.17) is 12.2 Å². The third-order valence-electron chi connectivity index (χ3n) is 4.52. The van der Waals surface area contributed by atoms with Crippen LogP contribution in [0.15, 0.2) is 71.5 Å². The van der Waals surface area contributed by atoms with Crippen LogP contribution in [0.25, 0.3) is 11.5 Å². The fraction of sp³-hybridized carbons (Fsp3) is 0.130. The molecule has 1 heterocycles. The second-order valence-electron chi connectivity index (χ2n) is 6.70. The molecular weight excluding hydrogens is 432 g/mol. The van der Waals surface area contributed by atoms with E-state index >= 15 is 0 Å². The quantitative estimate of drug-likeness (QED) is 0.267. The number of hydrogen-bond donors (Lipinski definition) is 1. The first-order chi connectivity index (χ1) is 13.4. The molecule has 0 aliphatic rings. The molecule has 142 valence electrons. The van der Waals surface area contributed by atoms with E-state index in [0.717, 1.165) is 21.3 Å². The second kappa shape index (κ2) is 8.67. The van der Waals surface area contributed by atoms with Crippen LogP contribution in [0.4, 0.5) is 5.69 Å². The minimum Gasteiger partial charge on any atom is -0.867 e. The average molecular weight is 453 g/mol. The van der Waals surface area contributed by atoms with Crippen LogP contribution in [0.1, 0.15) is 22.3 Å². The minimum atomic E-state index is -0.149. The Morgan fingerprint density at radius 3 is 2.43 bits per heavy atom. The predicted octanol–water partition coefficient (Wildman–Crippen LogP) is 4.79. The molecule has 1 aromatic heterocycles. The summed E-state index contributed by atoms with van der Waals surface area (Å²) in [5.41, 5.74) is 5.24. The van der Waals surface area contributed by atoms with Gasteiger partial charge in [-0.05, 0) is 67.5 Å². The number of pyridine rings is 1. The number of rotatable bonds is 4. The number of aryl methyl sites for hydroxylation is 3. The van der Waals surface area contributed by atoms with Gasteiger partial charge in [0.15, 0.2) is 17.4 Å². The number of thiocarbonyl (C=S) groups is 1. The van der Waals surface area contributed by atoms with Gasteiger partial charge in [0.25, 0.3) is 0 Å². The highest BCUT2D eigenvalue weighted by Gasteiger charge is 2.20. The number of benzene rings is 2. The smallest absolute Gasteiger partial charge is 0.238 e. The van der Waals surface area contributed by atoms with E-state index in [9.17, 15) is 5.11 Å². The van der Waals surface area contributed by atoms with Crippen molar-refractivity contribution in [2.24, 2.45) is 0 Å². The molecule has 3 nitrogen and oxygen atoms in total. The van der Waals surface area contributed by atoms with E-state index in [2.05, 4.69) is 35.1 Å². The Morgan fingerprint density at radius 2 is 1.75 bits per heavy atom. The van der Waals surface area contributed by atoms with Gasteiger partial charge < -0.3 is 10.4 Å². The van der Waals surface area contributed by atoms with E-state index in [1.165, 1.54) is 5.56 Å². The van der Waals surface area contributed by atoms with Crippen LogP contribution in [-0.4, -0.2) is 4.99 Å². The van der Waals surface area contributed by atoms with Gasteiger partial charge in [-0.15, -0.1) is 0 Å². The maximum atomic E-state index is 13.4. The largest absolute Gasteiger partial charge is 0.867 e. The van der Waals surface area contributed by atoms with Crippen LogP contribution in [-0.2, 0) is 0 Å². The summed E-state index contributed by atoms with van der Waals surface area (Å²) in [5.74, 6) is -0.149. The third-order valence-corrected chi connectivity index (χ3v) is 5.51. The standard InChI is InChI=1S/C23H21BrN2OS/c1-15-7-6-12-26(14-15)21(22(27)19-8-4-5-9-20(19)24)23(28)25-18-11-10-16(2)17(3)13-18/h4-14H,1-3H3,(H-,25,27,28). The number of nitrogens with one attached hydrogen (secondary N) is 1. The maximum absolute atomic E-state index is 13.4. The lowest BCUT2D eigenvalue weighted by atomic mass is 10.1. The molecule has 0 aliphatic carbocycles. The number of nitrogens with zero attached hydrogens (tertiary/aromatic N) is 1. The Labute approximate surface area is 179 Å². The summed E-state index contributed by atoms with van der Waals surface area (Å²) in [5, 5.41) is 16.7. The van der Waals surface area contributed by atoms with E-state index in [1.807, 2.05) is 67.8 Å². The SMILES string of the molecule is Cc1ccc[n+](/C(C(=S)Nc2ccc(C)c(C)c2)=C(/[O-])c2ccccc2Br)c1. The molecule has 0 atom stereocenters. The van der Waals surface area contributed by atoms with E-state index in [1.54, 1.807) is 10.6 Å². The maximum Gasteiger partial charge on any atom is 0.238 e. The Balaban J connectivity index is 2.10. The summed E-state index contributed by atoms with van der Waals surface area (Å²) in [6.07, 6.45) is 3.74. The van der Waals surface area contributed by atoms with Gasteiger partial charge in [-0.25, -0.2) is 0 Å². The zero-order chi connectivity index (χ0) is 20.3. The molecule has 3 rings (SSSR count). The fourth-order valence-corrected chi connectivity index (χ4v) is 3.63. The predicted molar refractivity (Wildman–Crippen MR) is 121 cm³/mol. The Morgan fingerprint density at radius 1 is 1.00 bits per heavy atom. The highest BCUT2D eigenvalue weighted by molar-refractivity contribution is 9.10. The Hall–Kier alpha value is -2.50. The highest BCUT2D eigenvalue weighted by atomic mass is 79.9. The van der Waals surface area contributed by atoms with Crippen molar-refractivity contribution >= 4 is 50.3 Å². The summed E-state index contributed by atoms with van der Waals surface area (Å²) in [4.78, 5) is 0.375. The number of aromatic nitrogens is 1. The summed E-state index contributed by atoms with van der Waals surface area (Å²) < 4.78 is 2.52. The molecule has 0 radical (unpaired) electrons. The van der Waals surface area contributed by atoms with Crippen LogP contribution in [0.2, 0.25) is 0 Å². The van der Waals surface area contributed by atoms with Gasteiger partial charge in [-0.1, -0.05) is 52.4 Å². The molecule has 0 saturated heterocycles. The topological polar surface area (TPSA) is 39.0 Å². The van der Waals surface area contributed by atoms with Gasteiger partial charge in [0.05, 0.1) is 0 Å². The van der Waals surface area contributed by atoms with Crippen molar-refractivity contribution in [2.45, 2.75) is 20.8 Å². The van der Waals surface area contributed by atoms with Crippen LogP contribution in [0.5, 0.6) is 0 Å². The molecule has 2 aromatic carbocycles. The van der Waals surface area contributed by atoms with Gasteiger partial charge in [0, 0.05) is 21.8 Å². The fourth-order valence-electron chi connectivity index (χ4n) is 2.85. The summed E-state index contributed by atoms with van der Waals surface area (Å²) >= 11 is 9.15. The van der Waals surface area contributed by atoms with Crippen molar-refractivity contribution in [3.8, 4) is 0 Å². The first-order valence-corrected chi connectivity index (χ1v) is 10.1. The summed E-state index contributed by atoms with van der Waals surface area (Å²) in [7, 11) is 0. The molecule has 0 unspecified atom stereocenters. The second-order valence-corrected chi connectivity index (χ2v) is 7.96. The van der Waals surface area contributed by atoms with Gasteiger partial charge in [0.2, 0.25) is 5.70 Å². The Kier molecular flexibility index (Phi) is 6.27. The van der Waals surface area contributed by atoms with Gasteiger partial charge in [-0.3, -0.25) is 0 Å². The lowest BCUT2D eigenvalue weighted by Crippen LogP contribution is -2.40. The highest BCUT2D eigenvalue weighted by Crippen LogP contribution is 2.24. The first kappa shape index (κ1) is 20.2. The zero-order valence-electron chi connectivity index (χ0n) is 16.0. The average Bonchev–Trinajstić information content (AvgIpc) is 2.65. The summed E-state index contributed by atoms with van der Waals surface area (Å²) in [6, 6.07) is 17.3. The molecule has 5 heteroatoms. The molecule has 28 heavy (non-hydrogen) atoms. The normalized spacial score (nSPS) is 11.7. The van der Waals surface area contributed by atoms with E-state index in [-0.39, 0.29) is 5.76 Å². The molecule has 0 spiro atoms. The molecule has 0 fully saturated rings. The zero-order valence-corrected chi connectivity index (χ0v) is 18.4. The Bertz CT molecular complexity index is 1080. The van der Waals surface area contributed by atoms with E-state index in [0.29, 0.717) is 16.2 Å². The molecular formula is C23H21BrN2OS. The van der Waals surface area contributed by atoms with Crippen molar-refractivity contribution in [1.82, 2.24) is 0 Å². The first-order valence-electron chi connectivity index (χ1n) is 8.90. The van der Waals surface area contributed by atoms with Crippen molar-refractivity contribution in [2.75, 3.05) is 5.32 Å². The number of halogens is 1. The van der Waals surface area contributed by atoms with Crippen molar-refractivity contribution in [3.05, 3.63) is 93.7 Å². The number of hydrogen-bond acceptors (Lipinski definition) is 2. The summed E-state index contributed by atoms with van der Waals surface area (Å²) in [6.45, 7) is 6.10. The van der Waals surface area contributed by atoms with Gasteiger partial charge >= 0.3 is 0 Å². The molecule has 1 N–H and O–H groups in total. The number of anilines is 1. The van der Waals surface area contributed by atoms with Crippen LogP contribution >= 0.6 is 28.1 Å². The van der Waals surface area contributed by atoms with Crippen molar-refractivity contribution < 1.29 is 9.67 Å². The van der Waals surface area contributed by atoms with Gasteiger partial charge in [0.1, 0.15) is 0 Å². The van der Waals surface area contributed by atoms with Crippen LogP contribution in [0.3, 0.4) is 0 Å². The van der Waals surface area contributed by atoms with Gasteiger partial charge in [-0.2, -0.15) is 4.57 Å². The van der Waals surface area contributed by atoms with Crippen LogP contribution in [0, 0.1) is 20.8 Å². The molecule has 0 amide bonds. The molecule has 0 aliphatic heterocycles. The molecule has 3 aromatic rings. The minimum absolute atomic E-state index is 0.149. The van der Waals surface area contributed by atoms with Crippen LogP contribution < -0.4 is 15.0 Å².